The molecule has 0 aliphatic carbocycles. The van der Waals surface area contributed by atoms with Gasteiger partial charge in [0.1, 0.15) is 5.69 Å². The van der Waals surface area contributed by atoms with E-state index in [1.54, 1.807) is 0 Å². The first-order valence-electron chi connectivity index (χ1n) is 12.8. The smallest absolute Gasteiger partial charge is 0.282 e. The van der Waals surface area contributed by atoms with Crippen LogP contribution in [0.1, 0.15) is 61.5 Å². The van der Waals surface area contributed by atoms with Crippen LogP contribution in [0.25, 0.3) is 22.0 Å². The van der Waals surface area contributed by atoms with E-state index >= 15 is 0 Å². The summed E-state index contributed by atoms with van der Waals surface area (Å²) in [4.78, 5) is 19.2. The van der Waals surface area contributed by atoms with Crippen LogP contribution in [0.2, 0.25) is 0 Å². The highest BCUT2D eigenvalue weighted by Crippen LogP contribution is 2.30. The minimum absolute atomic E-state index is 0.0587. The summed E-state index contributed by atoms with van der Waals surface area (Å²) < 4.78 is 0. The van der Waals surface area contributed by atoms with Gasteiger partial charge in [0.2, 0.25) is 0 Å². The molecular weight excluding hydrogens is 420 g/mol. The molecule has 34 heavy (non-hydrogen) atoms. The van der Waals surface area contributed by atoms with Crippen LogP contribution >= 0.6 is 0 Å². The third-order valence-corrected chi connectivity index (χ3v) is 7.48. The van der Waals surface area contributed by atoms with Gasteiger partial charge >= 0.3 is 0 Å². The standard InChI is InChI=1S/C29H36N4O/c1-21-13-15-23(16-14-21)24-10-9-11-26-25(24)20-27(30-26)29(34)31-33-19-8-5-12-28(33)22(2)32-17-6-3-4-7-18-32/h6,9-11,13-17,20,22,28,30H,3-5,7-8,12,18-19H2,1-2H3,(H,31,34). The molecular formula is C29H36N4O. The monoisotopic (exact) mass is 456 g/mol. The van der Waals surface area contributed by atoms with E-state index in [0.29, 0.717) is 17.8 Å². The SMILES string of the molecule is Cc1ccc(-c2cccc3[nH]c(C(=O)NN4CCCCC4C(C)N4C=CCCCC4)cc23)cc1. The number of hydrazine groups is 1. The number of nitrogens with one attached hydrogen (secondary N) is 2. The second kappa shape index (κ2) is 10.1. The first-order valence-corrected chi connectivity index (χ1v) is 12.8. The molecule has 1 saturated heterocycles. The van der Waals surface area contributed by atoms with Gasteiger partial charge < -0.3 is 9.88 Å². The predicted octanol–water partition coefficient (Wildman–Crippen LogP) is 6.03. The molecule has 0 spiro atoms. The molecule has 1 fully saturated rings. The van der Waals surface area contributed by atoms with Crippen LogP contribution < -0.4 is 5.43 Å². The van der Waals surface area contributed by atoms with Crippen LogP contribution in [0.15, 0.2) is 60.8 Å². The van der Waals surface area contributed by atoms with Crippen molar-refractivity contribution in [3.8, 4) is 11.1 Å². The number of amides is 1. The van der Waals surface area contributed by atoms with Crippen molar-refractivity contribution in [3.05, 3.63) is 72.1 Å². The Balaban J connectivity index is 1.36. The third-order valence-electron chi connectivity index (χ3n) is 7.48. The van der Waals surface area contributed by atoms with Crippen molar-refractivity contribution in [2.24, 2.45) is 0 Å². The largest absolute Gasteiger partial charge is 0.373 e. The molecule has 2 aliphatic heterocycles. The van der Waals surface area contributed by atoms with Crippen molar-refractivity contribution in [2.45, 2.75) is 64.5 Å². The summed E-state index contributed by atoms with van der Waals surface area (Å²) in [7, 11) is 0. The lowest BCUT2D eigenvalue weighted by Crippen LogP contribution is -2.57. The van der Waals surface area contributed by atoms with E-state index in [9.17, 15) is 4.79 Å². The molecule has 3 heterocycles. The van der Waals surface area contributed by atoms with Gasteiger partial charge in [-0.1, -0.05) is 54.5 Å². The molecule has 0 radical (unpaired) electrons. The molecule has 5 heteroatoms. The molecule has 2 atom stereocenters. The minimum atomic E-state index is -0.0587. The highest BCUT2D eigenvalue weighted by atomic mass is 16.2. The van der Waals surface area contributed by atoms with Crippen molar-refractivity contribution in [1.29, 1.82) is 0 Å². The Labute approximate surface area is 202 Å². The molecule has 3 aromatic rings. The number of piperidine rings is 1. The highest BCUT2D eigenvalue weighted by molar-refractivity contribution is 6.02. The molecule has 0 bridgehead atoms. The van der Waals surface area contributed by atoms with Gasteiger partial charge in [0.15, 0.2) is 0 Å². The van der Waals surface area contributed by atoms with Crippen LogP contribution in [0.4, 0.5) is 0 Å². The van der Waals surface area contributed by atoms with Crippen molar-refractivity contribution >= 4 is 16.8 Å². The lowest BCUT2D eigenvalue weighted by atomic mass is 9.97. The number of hydrogen-bond donors (Lipinski definition) is 2. The maximum Gasteiger partial charge on any atom is 0.282 e. The topological polar surface area (TPSA) is 51.4 Å². The number of hydrogen-bond acceptors (Lipinski definition) is 3. The van der Waals surface area contributed by atoms with Crippen LogP contribution in [0, 0.1) is 6.92 Å². The third kappa shape index (κ3) is 4.76. The fourth-order valence-corrected chi connectivity index (χ4v) is 5.45. The number of allylic oxidation sites excluding steroid dienone is 1. The van der Waals surface area contributed by atoms with Crippen molar-refractivity contribution in [2.75, 3.05) is 13.1 Å². The van der Waals surface area contributed by atoms with Gasteiger partial charge in [-0.15, -0.1) is 0 Å². The Morgan fingerprint density at radius 2 is 1.88 bits per heavy atom. The average molecular weight is 457 g/mol. The Kier molecular flexibility index (Phi) is 6.73. The van der Waals surface area contributed by atoms with Gasteiger partial charge in [0.05, 0.1) is 0 Å². The Hall–Kier alpha value is -3.05. The van der Waals surface area contributed by atoms with Crippen LogP contribution in [0.3, 0.4) is 0 Å². The van der Waals surface area contributed by atoms with E-state index in [1.807, 2.05) is 18.2 Å². The Morgan fingerprint density at radius 1 is 1.06 bits per heavy atom. The molecule has 5 rings (SSSR count). The molecule has 2 aliphatic rings. The van der Waals surface area contributed by atoms with Gasteiger partial charge in [-0.05, 0) is 75.4 Å². The summed E-state index contributed by atoms with van der Waals surface area (Å²) in [6, 6.07) is 17.4. The molecule has 2 aromatic carbocycles. The quantitative estimate of drug-likeness (QED) is 0.493. The number of nitrogens with zero attached hydrogens (tertiary/aromatic N) is 2. The van der Waals surface area contributed by atoms with Crippen molar-refractivity contribution in [3.63, 3.8) is 0 Å². The highest BCUT2D eigenvalue weighted by Gasteiger charge is 2.31. The summed E-state index contributed by atoms with van der Waals surface area (Å²) in [5.74, 6) is -0.0587. The summed E-state index contributed by atoms with van der Waals surface area (Å²) in [6.45, 7) is 6.40. The number of carbonyl (C=O) groups excluding carboxylic acids is 1. The molecule has 2 N–H and O–H groups in total. The predicted molar refractivity (Wildman–Crippen MR) is 139 cm³/mol. The number of aromatic amines is 1. The van der Waals surface area contributed by atoms with E-state index in [0.717, 1.165) is 48.0 Å². The van der Waals surface area contributed by atoms with Crippen LogP contribution in [0.5, 0.6) is 0 Å². The van der Waals surface area contributed by atoms with Gasteiger partial charge in [-0.2, -0.15) is 0 Å². The number of aryl methyl sites for hydroxylation is 1. The zero-order valence-corrected chi connectivity index (χ0v) is 20.4. The van der Waals surface area contributed by atoms with Gasteiger partial charge in [-0.25, -0.2) is 5.01 Å². The molecule has 1 aromatic heterocycles. The number of benzene rings is 2. The Bertz CT molecular complexity index is 1160. The second-order valence-corrected chi connectivity index (χ2v) is 9.87. The normalized spacial score (nSPS) is 20.3. The summed E-state index contributed by atoms with van der Waals surface area (Å²) in [5, 5.41) is 3.27. The Morgan fingerprint density at radius 3 is 2.74 bits per heavy atom. The molecule has 178 valence electrons. The number of H-pyrrole nitrogens is 1. The van der Waals surface area contributed by atoms with Gasteiger partial charge in [-0.3, -0.25) is 10.2 Å². The summed E-state index contributed by atoms with van der Waals surface area (Å²) >= 11 is 0. The van der Waals surface area contributed by atoms with Gasteiger partial charge in [0.25, 0.3) is 5.91 Å². The van der Waals surface area contributed by atoms with E-state index < -0.39 is 0 Å². The number of carbonyl (C=O) groups is 1. The van der Waals surface area contributed by atoms with Crippen molar-refractivity contribution < 1.29 is 4.79 Å². The van der Waals surface area contributed by atoms with Crippen molar-refractivity contribution in [1.82, 2.24) is 20.3 Å². The number of rotatable bonds is 5. The molecule has 1 amide bonds. The lowest BCUT2D eigenvalue weighted by molar-refractivity contribution is 0.0319. The van der Waals surface area contributed by atoms with E-state index in [2.05, 4.69) is 76.8 Å². The first-order chi connectivity index (χ1) is 16.6. The molecule has 0 saturated carbocycles. The van der Waals surface area contributed by atoms with E-state index in [1.165, 1.54) is 31.2 Å². The fraction of sp³-hybridized carbons (Fsp3) is 0.414. The van der Waals surface area contributed by atoms with E-state index in [-0.39, 0.29) is 5.91 Å². The average Bonchev–Trinajstić information content (AvgIpc) is 3.12. The summed E-state index contributed by atoms with van der Waals surface area (Å²) in [6.07, 6.45) is 11.7. The van der Waals surface area contributed by atoms with Gasteiger partial charge in [0, 0.05) is 36.1 Å². The second-order valence-electron chi connectivity index (χ2n) is 9.87. The number of aromatic nitrogens is 1. The zero-order chi connectivity index (χ0) is 23.5. The minimum Gasteiger partial charge on any atom is -0.373 e. The number of fused-ring (bicyclic) bond motifs is 1. The van der Waals surface area contributed by atoms with Crippen LogP contribution in [-0.2, 0) is 0 Å². The van der Waals surface area contributed by atoms with Crippen LogP contribution in [-0.4, -0.2) is 46.0 Å². The van der Waals surface area contributed by atoms with E-state index in [4.69, 9.17) is 0 Å². The zero-order valence-electron chi connectivity index (χ0n) is 20.4. The lowest BCUT2D eigenvalue weighted by Gasteiger charge is -2.42. The molecule has 2 unspecified atom stereocenters. The fourth-order valence-electron chi connectivity index (χ4n) is 5.45. The first kappa shape index (κ1) is 22.7. The molecule has 5 nitrogen and oxygen atoms in total. The maximum atomic E-state index is 13.4. The summed E-state index contributed by atoms with van der Waals surface area (Å²) in [5.41, 5.74) is 8.41. The maximum absolute atomic E-state index is 13.4.